The van der Waals surface area contributed by atoms with Crippen LogP contribution in [-0.2, 0) is 0 Å². The SMILES string of the molecule is CN(c1cccc(Br)c1)c1cc(NC2CNC2)ncn1. The van der Waals surface area contributed by atoms with Gasteiger partial charge >= 0.3 is 0 Å². The van der Waals surface area contributed by atoms with Crippen molar-refractivity contribution in [1.82, 2.24) is 15.3 Å². The average Bonchev–Trinajstić information content (AvgIpc) is 2.42. The number of hydrogen-bond acceptors (Lipinski definition) is 5. The van der Waals surface area contributed by atoms with Crippen LogP contribution in [0.4, 0.5) is 17.3 Å². The van der Waals surface area contributed by atoms with E-state index in [-0.39, 0.29) is 0 Å². The van der Waals surface area contributed by atoms with Gasteiger partial charge in [-0.05, 0) is 18.2 Å². The fourth-order valence-electron chi connectivity index (χ4n) is 2.03. The zero-order valence-electron chi connectivity index (χ0n) is 11.2. The molecule has 2 heterocycles. The van der Waals surface area contributed by atoms with Gasteiger partial charge in [0, 0.05) is 36.4 Å². The Morgan fingerprint density at radius 3 is 2.85 bits per heavy atom. The zero-order chi connectivity index (χ0) is 13.9. The zero-order valence-corrected chi connectivity index (χ0v) is 12.8. The third kappa shape index (κ3) is 2.91. The number of halogens is 1. The number of nitrogens with one attached hydrogen (secondary N) is 2. The molecule has 0 amide bonds. The van der Waals surface area contributed by atoms with Crippen molar-refractivity contribution in [2.45, 2.75) is 6.04 Å². The minimum atomic E-state index is 0.467. The van der Waals surface area contributed by atoms with E-state index in [0.717, 1.165) is 34.9 Å². The molecule has 3 rings (SSSR count). The van der Waals surface area contributed by atoms with Crippen molar-refractivity contribution < 1.29 is 0 Å². The fourth-order valence-corrected chi connectivity index (χ4v) is 2.41. The Bertz CT molecular complexity index is 600. The predicted molar refractivity (Wildman–Crippen MR) is 84.5 cm³/mol. The van der Waals surface area contributed by atoms with E-state index in [1.807, 2.05) is 30.1 Å². The summed E-state index contributed by atoms with van der Waals surface area (Å²) in [6.07, 6.45) is 1.60. The second-order valence-electron chi connectivity index (χ2n) is 4.80. The molecular weight excluding hydrogens is 318 g/mol. The molecular formula is C14H16BrN5. The van der Waals surface area contributed by atoms with Gasteiger partial charge in [-0.3, -0.25) is 0 Å². The van der Waals surface area contributed by atoms with Crippen LogP contribution in [0.5, 0.6) is 0 Å². The molecule has 5 nitrogen and oxygen atoms in total. The van der Waals surface area contributed by atoms with Crippen LogP contribution in [0, 0.1) is 0 Å². The summed E-state index contributed by atoms with van der Waals surface area (Å²) in [6, 6.07) is 10.6. The summed E-state index contributed by atoms with van der Waals surface area (Å²) in [7, 11) is 2.00. The Morgan fingerprint density at radius 1 is 1.30 bits per heavy atom. The summed E-state index contributed by atoms with van der Waals surface area (Å²) in [5.74, 6) is 1.73. The third-order valence-electron chi connectivity index (χ3n) is 3.33. The summed E-state index contributed by atoms with van der Waals surface area (Å²) < 4.78 is 1.05. The van der Waals surface area contributed by atoms with Crippen molar-refractivity contribution in [3.63, 3.8) is 0 Å². The van der Waals surface area contributed by atoms with Crippen molar-refractivity contribution in [2.24, 2.45) is 0 Å². The first-order chi connectivity index (χ1) is 9.72. The molecule has 0 aliphatic carbocycles. The van der Waals surface area contributed by atoms with E-state index in [1.54, 1.807) is 6.33 Å². The molecule has 0 saturated carbocycles. The van der Waals surface area contributed by atoms with Crippen molar-refractivity contribution in [3.8, 4) is 0 Å². The summed E-state index contributed by atoms with van der Waals surface area (Å²) in [5, 5.41) is 6.62. The second-order valence-corrected chi connectivity index (χ2v) is 5.72. The van der Waals surface area contributed by atoms with Crippen molar-refractivity contribution >= 4 is 33.3 Å². The molecule has 20 heavy (non-hydrogen) atoms. The molecule has 104 valence electrons. The van der Waals surface area contributed by atoms with Gasteiger partial charge in [-0.15, -0.1) is 0 Å². The quantitative estimate of drug-likeness (QED) is 0.899. The maximum Gasteiger partial charge on any atom is 0.138 e. The average molecular weight is 334 g/mol. The molecule has 0 unspecified atom stereocenters. The van der Waals surface area contributed by atoms with Gasteiger partial charge in [-0.1, -0.05) is 22.0 Å². The molecule has 1 aliphatic heterocycles. The first-order valence-electron chi connectivity index (χ1n) is 6.51. The Morgan fingerprint density at radius 2 is 2.15 bits per heavy atom. The molecule has 1 aliphatic rings. The molecule has 0 spiro atoms. The summed E-state index contributed by atoms with van der Waals surface area (Å²) >= 11 is 3.49. The summed E-state index contributed by atoms with van der Waals surface area (Å²) in [4.78, 5) is 10.6. The highest BCUT2D eigenvalue weighted by molar-refractivity contribution is 9.10. The Labute approximate surface area is 126 Å². The summed E-state index contributed by atoms with van der Waals surface area (Å²) in [6.45, 7) is 1.97. The van der Waals surface area contributed by atoms with Gasteiger partial charge in [0.05, 0.1) is 6.04 Å². The molecule has 0 bridgehead atoms. The topological polar surface area (TPSA) is 53.1 Å². The van der Waals surface area contributed by atoms with Crippen LogP contribution in [0.25, 0.3) is 0 Å². The smallest absolute Gasteiger partial charge is 0.138 e. The highest BCUT2D eigenvalue weighted by Gasteiger charge is 2.17. The van der Waals surface area contributed by atoms with Crippen LogP contribution in [0.2, 0.25) is 0 Å². The third-order valence-corrected chi connectivity index (χ3v) is 3.82. The molecule has 0 radical (unpaired) electrons. The monoisotopic (exact) mass is 333 g/mol. The Hall–Kier alpha value is -1.66. The largest absolute Gasteiger partial charge is 0.365 e. The maximum atomic E-state index is 4.34. The number of nitrogens with zero attached hydrogens (tertiary/aromatic N) is 3. The van der Waals surface area contributed by atoms with E-state index >= 15 is 0 Å². The molecule has 6 heteroatoms. The van der Waals surface area contributed by atoms with Gasteiger partial charge in [0.1, 0.15) is 18.0 Å². The van der Waals surface area contributed by atoms with Crippen LogP contribution in [0.1, 0.15) is 0 Å². The van der Waals surface area contributed by atoms with Gasteiger partial charge in [0.15, 0.2) is 0 Å². The lowest BCUT2D eigenvalue weighted by Gasteiger charge is -2.28. The van der Waals surface area contributed by atoms with Crippen LogP contribution in [-0.4, -0.2) is 36.1 Å². The van der Waals surface area contributed by atoms with Gasteiger partial charge in [0.25, 0.3) is 0 Å². The van der Waals surface area contributed by atoms with Crippen LogP contribution < -0.4 is 15.5 Å². The molecule has 1 fully saturated rings. The minimum absolute atomic E-state index is 0.467. The second kappa shape index (κ2) is 5.76. The molecule has 1 aromatic carbocycles. The lowest BCUT2D eigenvalue weighted by Crippen LogP contribution is -2.51. The Kier molecular flexibility index (Phi) is 3.84. The number of aromatic nitrogens is 2. The normalized spacial score (nSPS) is 14.7. The van der Waals surface area contributed by atoms with Gasteiger partial charge in [-0.2, -0.15) is 0 Å². The maximum absolute atomic E-state index is 4.34. The van der Waals surface area contributed by atoms with Crippen LogP contribution in [0.15, 0.2) is 41.1 Å². The molecule has 1 aromatic heterocycles. The van der Waals surface area contributed by atoms with E-state index in [9.17, 15) is 0 Å². The van der Waals surface area contributed by atoms with E-state index in [2.05, 4.69) is 48.7 Å². The highest BCUT2D eigenvalue weighted by atomic mass is 79.9. The number of benzene rings is 1. The van der Waals surface area contributed by atoms with Crippen molar-refractivity contribution in [2.75, 3.05) is 30.4 Å². The summed E-state index contributed by atoms with van der Waals surface area (Å²) in [5.41, 5.74) is 1.08. The van der Waals surface area contributed by atoms with Crippen molar-refractivity contribution in [1.29, 1.82) is 0 Å². The van der Waals surface area contributed by atoms with E-state index < -0.39 is 0 Å². The number of rotatable bonds is 4. The predicted octanol–water partition coefficient (Wildman–Crippen LogP) is 2.39. The van der Waals surface area contributed by atoms with Crippen LogP contribution in [0.3, 0.4) is 0 Å². The molecule has 2 N–H and O–H groups in total. The first kappa shape index (κ1) is 13.3. The number of hydrogen-bond donors (Lipinski definition) is 2. The minimum Gasteiger partial charge on any atom is -0.365 e. The van der Waals surface area contributed by atoms with Gasteiger partial charge in [0.2, 0.25) is 0 Å². The molecule has 2 aromatic rings. The van der Waals surface area contributed by atoms with Crippen molar-refractivity contribution in [3.05, 3.63) is 41.1 Å². The lowest BCUT2D eigenvalue weighted by atomic mass is 10.2. The standard InChI is InChI=1S/C14H16BrN5/c1-20(12-4-2-3-10(15)5-12)14-6-13(17-9-18-14)19-11-7-16-8-11/h2-6,9,11,16H,7-8H2,1H3,(H,17,18,19). The molecule has 0 atom stereocenters. The fraction of sp³-hybridized carbons (Fsp3) is 0.286. The van der Waals surface area contributed by atoms with Gasteiger partial charge in [-0.25, -0.2) is 9.97 Å². The van der Waals surface area contributed by atoms with Gasteiger partial charge < -0.3 is 15.5 Å². The van der Waals surface area contributed by atoms with E-state index in [1.165, 1.54) is 0 Å². The van der Waals surface area contributed by atoms with E-state index in [4.69, 9.17) is 0 Å². The molecule has 1 saturated heterocycles. The number of anilines is 3. The van der Waals surface area contributed by atoms with E-state index in [0.29, 0.717) is 6.04 Å². The van der Waals surface area contributed by atoms with Crippen LogP contribution >= 0.6 is 15.9 Å². The first-order valence-corrected chi connectivity index (χ1v) is 7.30. The highest BCUT2D eigenvalue weighted by Crippen LogP contribution is 2.25. The Balaban J connectivity index is 1.80. The lowest BCUT2D eigenvalue weighted by molar-refractivity contribution is 0.471.